The number of carbonyl (C=O) groups excluding carboxylic acids is 1. The van der Waals surface area contributed by atoms with Gasteiger partial charge in [0.2, 0.25) is 0 Å². The Morgan fingerprint density at radius 3 is 2.56 bits per heavy atom. The molecule has 0 radical (unpaired) electrons. The van der Waals surface area contributed by atoms with Gasteiger partial charge in [-0.25, -0.2) is 0 Å². The lowest BCUT2D eigenvalue weighted by atomic mass is 9.86. The van der Waals surface area contributed by atoms with Gasteiger partial charge in [-0.15, -0.1) is 10.2 Å². The number of carbonyl (C=O) groups is 1. The molecular weight excluding hydrogens is 230 g/mol. The van der Waals surface area contributed by atoms with E-state index in [1.54, 1.807) is 12.1 Å². The molecule has 98 valence electrons. The minimum absolute atomic E-state index is 0.176. The summed E-state index contributed by atoms with van der Waals surface area (Å²) in [6.07, 6.45) is 4.79. The lowest BCUT2D eigenvalue weighted by molar-refractivity contribution is 0.0994. The van der Waals surface area contributed by atoms with E-state index in [0.29, 0.717) is 12.4 Å². The molecule has 1 aliphatic carbocycles. The molecule has 0 spiro atoms. The van der Waals surface area contributed by atoms with E-state index >= 15 is 0 Å². The molecule has 1 amide bonds. The Kier molecular flexibility index (Phi) is 3.76. The zero-order chi connectivity index (χ0) is 13.0. The standard InChI is InChI=1S/C12H19N5O/c13-7-12(5-1-2-6-12)8-15-10-4-3-9(11(14)18)16-17-10/h3-4H,1-2,5-8,13H2,(H2,14,18)(H,15,17). The van der Waals surface area contributed by atoms with Crippen LogP contribution in [0.4, 0.5) is 5.82 Å². The molecule has 1 aromatic rings. The number of hydrogen-bond acceptors (Lipinski definition) is 5. The molecule has 0 unspecified atom stereocenters. The molecular formula is C12H19N5O. The van der Waals surface area contributed by atoms with Gasteiger partial charge in [-0.1, -0.05) is 12.8 Å². The highest BCUT2D eigenvalue weighted by Crippen LogP contribution is 2.36. The van der Waals surface area contributed by atoms with Crippen molar-refractivity contribution in [2.45, 2.75) is 25.7 Å². The molecule has 0 saturated heterocycles. The second-order valence-electron chi connectivity index (χ2n) is 4.93. The molecule has 0 bridgehead atoms. The molecule has 1 aromatic heterocycles. The highest BCUT2D eigenvalue weighted by atomic mass is 16.1. The average molecular weight is 249 g/mol. The van der Waals surface area contributed by atoms with E-state index in [0.717, 1.165) is 19.4 Å². The Balaban J connectivity index is 1.95. The smallest absolute Gasteiger partial charge is 0.269 e. The number of rotatable bonds is 5. The average Bonchev–Trinajstić information content (AvgIpc) is 2.86. The highest BCUT2D eigenvalue weighted by molar-refractivity contribution is 5.90. The first-order valence-electron chi connectivity index (χ1n) is 6.23. The predicted molar refractivity (Wildman–Crippen MR) is 69.0 cm³/mol. The third-order valence-electron chi connectivity index (χ3n) is 3.66. The van der Waals surface area contributed by atoms with Gasteiger partial charge >= 0.3 is 0 Å². The maximum Gasteiger partial charge on any atom is 0.269 e. The molecule has 5 N–H and O–H groups in total. The summed E-state index contributed by atoms with van der Waals surface area (Å²) in [4.78, 5) is 10.9. The first kappa shape index (κ1) is 12.8. The lowest BCUT2D eigenvalue weighted by Gasteiger charge is -2.27. The fraction of sp³-hybridized carbons (Fsp3) is 0.583. The van der Waals surface area contributed by atoms with Crippen molar-refractivity contribution < 1.29 is 4.79 Å². The van der Waals surface area contributed by atoms with Gasteiger partial charge in [0.05, 0.1) is 0 Å². The van der Waals surface area contributed by atoms with E-state index in [1.807, 2.05) is 0 Å². The molecule has 2 rings (SSSR count). The fourth-order valence-electron chi connectivity index (χ4n) is 2.41. The van der Waals surface area contributed by atoms with E-state index < -0.39 is 5.91 Å². The van der Waals surface area contributed by atoms with Crippen molar-refractivity contribution in [1.29, 1.82) is 0 Å². The lowest BCUT2D eigenvalue weighted by Crippen LogP contribution is -2.34. The van der Waals surface area contributed by atoms with Gasteiger partial charge in [0.15, 0.2) is 5.69 Å². The fourth-order valence-corrected chi connectivity index (χ4v) is 2.41. The van der Waals surface area contributed by atoms with Gasteiger partial charge in [-0.3, -0.25) is 4.79 Å². The van der Waals surface area contributed by atoms with Gasteiger partial charge in [0, 0.05) is 6.54 Å². The molecule has 0 atom stereocenters. The third kappa shape index (κ3) is 2.76. The van der Waals surface area contributed by atoms with Crippen LogP contribution in [0.2, 0.25) is 0 Å². The Morgan fingerprint density at radius 2 is 2.06 bits per heavy atom. The summed E-state index contributed by atoms with van der Waals surface area (Å²) in [5.74, 6) is 0.0861. The van der Waals surface area contributed by atoms with Gasteiger partial charge in [0.1, 0.15) is 5.82 Å². The minimum Gasteiger partial charge on any atom is -0.368 e. The van der Waals surface area contributed by atoms with Crippen LogP contribution in [0, 0.1) is 5.41 Å². The summed E-state index contributed by atoms with van der Waals surface area (Å²) >= 11 is 0. The molecule has 1 fully saturated rings. The van der Waals surface area contributed by atoms with Crippen LogP contribution in [-0.4, -0.2) is 29.2 Å². The molecule has 18 heavy (non-hydrogen) atoms. The molecule has 6 nitrogen and oxygen atoms in total. The second kappa shape index (κ2) is 5.30. The number of aromatic nitrogens is 2. The number of anilines is 1. The normalized spacial score (nSPS) is 17.6. The summed E-state index contributed by atoms with van der Waals surface area (Å²) < 4.78 is 0. The molecule has 1 saturated carbocycles. The van der Waals surface area contributed by atoms with E-state index in [1.165, 1.54) is 12.8 Å². The molecule has 0 aromatic carbocycles. The van der Waals surface area contributed by atoms with Crippen LogP contribution in [0.15, 0.2) is 12.1 Å². The summed E-state index contributed by atoms with van der Waals surface area (Å²) in [7, 11) is 0. The van der Waals surface area contributed by atoms with Crippen molar-refractivity contribution in [3.63, 3.8) is 0 Å². The first-order valence-corrected chi connectivity index (χ1v) is 6.23. The SMILES string of the molecule is NCC1(CNc2ccc(C(N)=O)nn2)CCCC1. The van der Waals surface area contributed by atoms with Gasteiger partial charge in [-0.2, -0.15) is 0 Å². The Morgan fingerprint density at radius 1 is 1.33 bits per heavy atom. The van der Waals surface area contributed by atoms with Crippen molar-refractivity contribution >= 4 is 11.7 Å². The quantitative estimate of drug-likeness (QED) is 0.704. The molecule has 1 aliphatic rings. The summed E-state index contributed by atoms with van der Waals surface area (Å²) in [5.41, 5.74) is 11.3. The maximum absolute atomic E-state index is 10.9. The Labute approximate surface area is 106 Å². The minimum atomic E-state index is -0.566. The first-order chi connectivity index (χ1) is 8.65. The van der Waals surface area contributed by atoms with E-state index in [-0.39, 0.29) is 11.1 Å². The zero-order valence-corrected chi connectivity index (χ0v) is 10.4. The van der Waals surface area contributed by atoms with Crippen molar-refractivity contribution in [3.05, 3.63) is 17.8 Å². The van der Waals surface area contributed by atoms with Crippen molar-refractivity contribution in [2.75, 3.05) is 18.4 Å². The van der Waals surface area contributed by atoms with Crippen molar-refractivity contribution in [1.82, 2.24) is 10.2 Å². The Hall–Kier alpha value is -1.69. The third-order valence-corrected chi connectivity index (χ3v) is 3.66. The zero-order valence-electron chi connectivity index (χ0n) is 10.4. The van der Waals surface area contributed by atoms with Gasteiger partial charge in [0.25, 0.3) is 5.91 Å². The van der Waals surface area contributed by atoms with Crippen LogP contribution >= 0.6 is 0 Å². The van der Waals surface area contributed by atoms with E-state index in [2.05, 4.69) is 15.5 Å². The highest BCUT2D eigenvalue weighted by Gasteiger charge is 2.32. The molecule has 1 heterocycles. The number of nitrogens with zero attached hydrogens (tertiary/aromatic N) is 2. The summed E-state index contributed by atoms with van der Waals surface area (Å²) in [6.45, 7) is 1.49. The van der Waals surface area contributed by atoms with Crippen LogP contribution < -0.4 is 16.8 Å². The van der Waals surface area contributed by atoms with E-state index in [9.17, 15) is 4.79 Å². The molecule has 6 heteroatoms. The van der Waals surface area contributed by atoms with Crippen LogP contribution in [0.5, 0.6) is 0 Å². The Bertz CT molecular complexity index is 411. The monoisotopic (exact) mass is 249 g/mol. The van der Waals surface area contributed by atoms with Crippen molar-refractivity contribution in [3.8, 4) is 0 Å². The van der Waals surface area contributed by atoms with Crippen LogP contribution in [0.25, 0.3) is 0 Å². The number of amides is 1. The number of nitrogens with two attached hydrogens (primary N) is 2. The topological polar surface area (TPSA) is 107 Å². The summed E-state index contributed by atoms with van der Waals surface area (Å²) in [5, 5.41) is 10.9. The van der Waals surface area contributed by atoms with Crippen LogP contribution in [0.3, 0.4) is 0 Å². The summed E-state index contributed by atoms with van der Waals surface area (Å²) in [6, 6.07) is 3.29. The number of nitrogens with one attached hydrogen (secondary N) is 1. The number of hydrogen-bond donors (Lipinski definition) is 3. The maximum atomic E-state index is 10.9. The molecule has 0 aliphatic heterocycles. The predicted octanol–water partition coefficient (Wildman–Crippen LogP) is 0.506. The van der Waals surface area contributed by atoms with Gasteiger partial charge in [-0.05, 0) is 36.9 Å². The van der Waals surface area contributed by atoms with Crippen molar-refractivity contribution in [2.24, 2.45) is 16.9 Å². The second-order valence-corrected chi connectivity index (χ2v) is 4.93. The van der Waals surface area contributed by atoms with Crippen LogP contribution in [0.1, 0.15) is 36.2 Å². The van der Waals surface area contributed by atoms with Crippen LogP contribution in [-0.2, 0) is 0 Å². The number of primary amides is 1. The largest absolute Gasteiger partial charge is 0.368 e. The van der Waals surface area contributed by atoms with E-state index in [4.69, 9.17) is 11.5 Å². The van der Waals surface area contributed by atoms with Gasteiger partial charge < -0.3 is 16.8 Å².